The van der Waals surface area contributed by atoms with Crippen LogP contribution in [0.3, 0.4) is 0 Å². The molecule has 132 valence electrons. The summed E-state index contributed by atoms with van der Waals surface area (Å²) in [5.74, 6) is -4.16. The molecule has 24 heavy (non-hydrogen) atoms. The monoisotopic (exact) mass is 343 g/mol. The summed E-state index contributed by atoms with van der Waals surface area (Å²) in [6, 6.07) is 1.66. The van der Waals surface area contributed by atoms with Crippen LogP contribution in [0.4, 0.5) is 8.78 Å². The summed E-state index contributed by atoms with van der Waals surface area (Å²) >= 11 is 0. The maximum absolute atomic E-state index is 13.1. The van der Waals surface area contributed by atoms with Crippen LogP contribution in [0.5, 0.6) is 0 Å². The van der Waals surface area contributed by atoms with Gasteiger partial charge in [0.05, 0.1) is 26.6 Å². The van der Waals surface area contributed by atoms with E-state index in [9.17, 15) is 23.2 Å². The van der Waals surface area contributed by atoms with Crippen LogP contribution >= 0.6 is 0 Å². The van der Waals surface area contributed by atoms with Gasteiger partial charge in [0.2, 0.25) is 5.91 Å². The number of amides is 1. The van der Waals surface area contributed by atoms with Gasteiger partial charge in [0.25, 0.3) is 0 Å². The highest BCUT2D eigenvalue weighted by molar-refractivity contribution is 5.86. The summed E-state index contributed by atoms with van der Waals surface area (Å²) < 4.78 is 35.4. The van der Waals surface area contributed by atoms with Gasteiger partial charge in [-0.1, -0.05) is 6.92 Å². The molecule has 0 aliphatic carbocycles. The zero-order valence-electron chi connectivity index (χ0n) is 13.6. The molecule has 1 amide bonds. The largest absolute Gasteiger partial charge is 0.469 e. The van der Waals surface area contributed by atoms with Gasteiger partial charge in [-0.25, -0.2) is 13.6 Å². The van der Waals surface area contributed by atoms with Crippen LogP contribution in [0.1, 0.15) is 18.9 Å². The molecule has 0 radical (unpaired) electrons. The van der Waals surface area contributed by atoms with E-state index in [1.807, 2.05) is 0 Å². The fourth-order valence-electron chi connectivity index (χ4n) is 2.15. The lowest BCUT2D eigenvalue weighted by Gasteiger charge is -2.19. The Bertz CT molecular complexity index is 600. The topological polar surface area (TPSA) is 81.7 Å². The third-order valence-electron chi connectivity index (χ3n) is 3.30. The number of methoxy groups -OCH3 is 2. The number of esters is 2. The van der Waals surface area contributed by atoms with E-state index in [-0.39, 0.29) is 18.4 Å². The van der Waals surface area contributed by atoms with Crippen molar-refractivity contribution >= 4 is 17.8 Å². The molecule has 0 bridgehead atoms. The molecular formula is C16H19F2NO5. The van der Waals surface area contributed by atoms with Crippen LogP contribution in [-0.2, 0) is 30.3 Å². The van der Waals surface area contributed by atoms with E-state index in [1.54, 1.807) is 0 Å². The van der Waals surface area contributed by atoms with Gasteiger partial charge < -0.3 is 14.8 Å². The average Bonchev–Trinajstić information content (AvgIpc) is 2.51. The Morgan fingerprint density at radius 2 is 1.58 bits per heavy atom. The highest BCUT2D eigenvalue weighted by Crippen LogP contribution is 2.11. The molecule has 1 aromatic carbocycles. The number of hydrogen-bond acceptors (Lipinski definition) is 5. The van der Waals surface area contributed by atoms with E-state index < -0.39 is 41.4 Å². The molecule has 1 rings (SSSR count). The number of ether oxygens (including phenoxy) is 2. The zero-order chi connectivity index (χ0) is 18.3. The van der Waals surface area contributed by atoms with Crippen molar-refractivity contribution in [3.05, 3.63) is 35.4 Å². The number of rotatable bonds is 7. The smallest absolute Gasteiger partial charge is 0.328 e. The summed E-state index contributed by atoms with van der Waals surface area (Å²) in [7, 11) is 2.36. The normalized spacial score (nSPS) is 12.9. The lowest BCUT2D eigenvalue weighted by Crippen LogP contribution is -2.44. The first-order valence-corrected chi connectivity index (χ1v) is 7.16. The minimum atomic E-state index is -1.07. The third-order valence-corrected chi connectivity index (χ3v) is 3.30. The van der Waals surface area contributed by atoms with E-state index in [0.717, 1.165) is 19.2 Å². The quantitative estimate of drug-likeness (QED) is 0.756. The van der Waals surface area contributed by atoms with Gasteiger partial charge in [0.15, 0.2) is 0 Å². The molecule has 0 heterocycles. The molecule has 0 saturated carbocycles. The van der Waals surface area contributed by atoms with Crippen LogP contribution in [0.25, 0.3) is 0 Å². The van der Waals surface area contributed by atoms with Crippen LogP contribution in [-0.4, -0.2) is 38.1 Å². The van der Waals surface area contributed by atoms with Crippen molar-refractivity contribution in [3.8, 4) is 0 Å². The Balaban J connectivity index is 2.76. The Morgan fingerprint density at radius 3 is 2.08 bits per heavy atom. The number of hydrogen-bond donors (Lipinski definition) is 1. The first kappa shape index (κ1) is 19.5. The van der Waals surface area contributed by atoms with Gasteiger partial charge in [0.1, 0.15) is 17.7 Å². The number of benzene rings is 1. The van der Waals surface area contributed by atoms with Gasteiger partial charge in [-0.3, -0.25) is 9.59 Å². The summed E-state index contributed by atoms with van der Waals surface area (Å²) in [5.41, 5.74) is 0.120. The number of nitrogens with one attached hydrogen (secondary N) is 1. The Kier molecular flexibility index (Phi) is 7.29. The molecule has 2 atom stereocenters. The first-order chi connectivity index (χ1) is 11.3. The molecule has 1 N–H and O–H groups in total. The van der Waals surface area contributed by atoms with Crippen molar-refractivity contribution in [2.45, 2.75) is 25.8 Å². The van der Waals surface area contributed by atoms with Gasteiger partial charge in [0, 0.05) is 6.07 Å². The Morgan fingerprint density at radius 1 is 1.04 bits per heavy atom. The second-order valence-corrected chi connectivity index (χ2v) is 5.26. The molecule has 6 nitrogen and oxygen atoms in total. The number of halogens is 2. The predicted octanol–water partition coefficient (Wildman–Crippen LogP) is 1.36. The minimum absolute atomic E-state index is 0.0252. The molecule has 0 aromatic heterocycles. The first-order valence-electron chi connectivity index (χ1n) is 7.16. The molecular weight excluding hydrogens is 324 g/mol. The number of carbonyl (C=O) groups is 3. The minimum Gasteiger partial charge on any atom is -0.469 e. The lowest BCUT2D eigenvalue weighted by atomic mass is 10.0. The summed E-state index contributed by atoms with van der Waals surface area (Å²) in [6.45, 7) is 1.54. The van der Waals surface area contributed by atoms with Crippen molar-refractivity contribution < 1.29 is 32.6 Å². The van der Waals surface area contributed by atoms with E-state index >= 15 is 0 Å². The number of carbonyl (C=O) groups excluding carboxylic acids is 3. The average molecular weight is 343 g/mol. The van der Waals surface area contributed by atoms with Crippen LogP contribution in [0.2, 0.25) is 0 Å². The van der Waals surface area contributed by atoms with Crippen LogP contribution in [0.15, 0.2) is 18.2 Å². The van der Waals surface area contributed by atoms with E-state index in [0.29, 0.717) is 6.07 Å². The lowest BCUT2D eigenvalue weighted by molar-refractivity contribution is -0.148. The van der Waals surface area contributed by atoms with Gasteiger partial charge in [-0.05, 0) is 24.1 Å². The molecule has 8 heteroatoms. The van der Waals surface area contributed by atoms with Crippen molar-refractivity contribution in [1.82, 2.24) is 5.32 Å². The van der Waals surface area contributed by atoms with E-state index in [2.05, 4.69) is 14.8 Å². The maximum Gasteiger partial charge on any atom is 0.328 e. The zero-order valence-corrected chi connectivity index (χ0v) is 13.6. The van der Waals surface area contributed by atoms with Gasteiger partial charge >= 0.3 is 11.9 Å². The SMILES string of the molecule is COC(=O)[C@H](C[C@H](C)C(=O)OC)NC(=O)Cc1cc(F)cc(F)c1. The van der Waals surface area contributed by atoms with E-state index in [1.165, 1.54) is 14.0 Å². The molecule has 0 spiro atoms. The second kappa shape index (κ2) is 8.95. The third kappa shape index (κ3) is 5.94. The predicted molar refractivity (Wildman–Crippen MR) is 79.8 cm³/mol. The highest BCUT2D eigenvalue weighted by Gasteiger charge is 2.27. The summed E-state index contributed by atoms with van der Waals surface area (Å²) in [4.78, 5) is 35.2. The van der Waals surface area contributed by atoms with Crippen LogP contribution < -0.4 is 5.32 Å². The van der Waals surface area contributed by atoms with Crippen molar-refractivity contribution in [2.75, 3.05) is 14.2 Å². The molecule has 0 aliphatic heterocycles. The van der Waals surface area contributed by atoms with Gasteiger partial charge in [-0.15, -0.1) is 0 Å². The second-order valence-electron chi connectivity index (χ2n) is 5.26. The molecule has 0 saturated heterocycles. The summed E-state index contributed by atoms with van der Waals surface area (Å²) in [5, 5.41) is 2.40. The van der Waals surface area contributed by atoms with E-state index in [4.69, 9.17) is 0 Å². The molecule has 1 aromatic rings. The van der Waals surface area contributed by atoms with Crippen molar-refractivity contribution in [3.63, 3.8) is 0 Å². The Hall–Kier alpha value is -2.51. The highest BCUT2D eigenvalue weighted by atomic mass is 19.1. The fourth-order valence-corrected chi connectivity index (χ4v) is 2.15. The fraction of sp³-hybridized carbons (Fsp3) is 0.438. The van der Waals surface area contributed by atoms with Crippen molar-refractivity contribution in [1.29, 1.82) is 0 Å². The molecule has 0 unspecified atom stereocenters. The molecule has 0 aliphatic rings. The maximum atomic E-state index is 13.1. The van der Waals surface area contributed by atoms with Crippen LogP contribution in [0, 0.1) is 17.6 Å². The van der Waals surface area contributed by atoms with Crippen molar-refractivity contribution in [2.24, 2.45) is 5.92 Å². The van der Waals surface area contributed by atoms with Gasteiger partial charge in [-0.2, -0.15) is 0 Å². The molecule has 0 fully saturated rings. The standard InChI is InChI=1S/C16H19F2NO5/c1-9(15(21)23-2)4-13(16(22)24-3)19-14(20)7-10-5-11(17)8-12(18)6-10/h5-6,8-9,13H,4,7H2,1-3H3,(H,19,20)/t9-,13-/m0/s1. The Labute approximate surface area is 138 Å². The summed E-state index contributed by atoms with van der Waals surface area (Å²) in [6.07, 6.45) is -0.350.